The lowest BCUT2D eigenvalue weighted by atomic mass is 10.1. The Balaban J connectivity index is 1.25. The summed E-state index contributed by atoms with van der Waals surface area (Å²) in [6, 6.07) is 42.4. The van der Waals surface area contributed by atoms with E-state index in [4.69, 9.17) is 26.2 Å². The summed E-state index contributed by atoms with van der Waals surface area (Å²) in [5, 5.41) is 6.10. The van der Waals surface area contributed by atoms with Gasteiger partial charge >= 0.3 is 0 Å². The molecule has 7 aromatic carbocycles. The number of furan rings is 1. The van der Waals surface area contributed by atoms with Crippen LogP contribution in [0.1, 0.15) is 6.85 Å². The molecule has 4 heterocycles. The van der Waals surface area contributed by atoms with Crippen LogP contribution in [0.25, 0.3) is 100.0 Å². The van der Waals surface area contributed by atoms with Gasteiger partial charge in [-0.1, -0.05) is 109 Å². The number of benzene rings is 7. The van der Waals surface area contributed by atoms with E-state index in [0.717, 1.165) is 65.7 Å². The molecule has 0 fully saturated rings. The highest BCUT2D eigenvalue weighted by Gasteiger charge is 2.21. The van der Waals surface area contributed by atoms with E-state index in [-0.39, 0.29) is 23.2 Å². The van der Waals surface area contributed by atoms with Crippen molar-refractivity contribution in [1.29, 1.82) is 0 Å². The fraction of sp³-hybridized carbons (Fsp3) is 0. The molecule has 0 unspecified atom stereocenters. The molecule has 0 aliphatic rings. The topological polar surface area (TPSA) is 61.7 Å². The van der Waals surface area contributed by atoms with Crippen molar-refractivity contribution < 1.29 is 11.3 Å². The summed E-state index contributed by atoms with van der Waals surface area (Å²) in [5.74, 6) is 0.441. The van der Waals surface area contributed by atoms with Crippen LogP contribution in [-0.4, -0.2) is 24.1 Å². The van der Waals surface area contributed by atoms with Crippen molar-refractivity contribution in [2.45, 2.75) is 0 Å². The molecule has 0 saturated heterocycles. The number of fused-ring (bicyclic) bond motifs is 9. The second-order valence-corrected chi connectivity index (χ2v) is 12.5. The Morgan fingerprint density at radius 2 is 1.04 bits per heavy atom. The molecular weight excluding hydrogens is 627 g/mol. The van der Waals surface area contributed by atoms with E-state index in [1.54, 1.807) is 0 Å². The first-order chi connectivity index (χ1) is 27.4. The lowest BCUT2D eigenvalue weighted by Gasteiger charge is -2.11. The third-order valence-electron chi connectivity index (χ3n) is 9.66. The van der Waals surface area contributed by atoms with E-state index in [1.807, 2.05) is 89.5 Å². The molecule has 6 nitrogen and oxygen atoms in total. The van der Waals surface area contributed by atoms with E-state index in [1.165, 1.54) is 0 Å². The first-order valence-corrected chi connectivity index (χ1v) is 16.6. The predicted molar refractivity (Wildman–Crippen MR) is 207 cm³/mol. The summed E-state index contributed by atoms with van der Waals surface area (Å²) in [6.45, 7) is 0. The second kappa shape index (κ2) is 10.7. The lowest BCUT2D eigenvalue weighted by molar-refractivity contribution is 0.669. The van der Waals surface area contributed by atoms with E-state index in [2.05, 4.69) is 53.1 Å². The first-order valence-electron chi connectivity index (χ1n) is 19.1. The molecule has 0 bridgehead atoms. The molecule has 51 heavy (non-hydrogen) atoms. The van der Waals surface area contributed by atoms with Gasteiger partial charge in [0.1, 0.15) is 11.2 Å². The summed E-state index contributed by atoms with van der Waals surface area (Å²) in [4.78, 5) is 14.9. The average Bonchev–Trinajstić information content (AvgIpc) is 3.88. The van der Waals surface area contributed by atoms with Gasteiger partial charge < -0.3 is 8.98 Å². The molecule has 0 aliphatic carbocycles. The van der Waals surface area contributed by atoms with Crippen LogP contribution in [-0.2, 0) is 0 Å². The van der Waals surface area contributed by atoms with Gasteiger partial charge in [-0.25, -0.2) is 4.98 Å². The van der Waals surface area contributed by atoms with Crippen molar-refractivity contribution in [2.24, 2.45) is 0 Å². The molecule has 238 valence electrons. The number of hydrogen-bond donors (Lipinski definition) is 0. The predicted octanol–water partition coefficient (Wildman–Crippen LogP) is 11.3. The summed E-state index contributed by atoms with van der Waals surface area (Å²) >= 11 is 0. The van der Waals surface area contributed by atoms with Crippen molar-refractivity contribution in [2.75, 3.05) is 0 Å². The van der Waals surface area contributed by atoms with Crippen LogP contribution < -0.4 is 0 Å². The SMILES string of the molecule is [2H]c1c([2H])c([2H])c(-c2nc(-c3ccc4c(c3)oc3ccccc34)nc(-n3c4ccccc4c4cc5c6ccccc6n(-c6ccccc6)c5cc43)n2)c([2H])c1[2H]. The highest BCUT2D eigenvalue weighted by atomic mass is 16.3. The van der Waals surface area contributed by atoms with Crippen LogP contribution in [0.4, 0.5) is 0 Å². The minimum Gasteiger partial charge on any atom is -0.456 e. The average molecular weight is 659 g/mol. The zero-order valence-corrected chi connectivity index (χ0v) is 26.8. The normalized spacial score (nSPS) is 13.3. The first kappa shape index (κ1) is 23.3. The largest absolute Gasteiger partial charge is 0.456 e. The van der Waals surface area contributed by atoms with Gasteiger partial charge in [0.05, 0.1) is 28.9 Å². The lowest BCUT2D eigenvalue weighted by Crippen LogP contribution is -2.06. The Morgan fingerprint density at radius 1 is 0.431 bits per heavy atom. The van der Waals surface area contributed by atoms with Gasteiger partial charge in [-0.2, -0.15) is 9.97 Å². The fourth-order valence-corrected chi connectivity index (χ4v) is 7.43. The minimum absolute atomic E-state index is 0.0443. The highest BCUT2D eigenvalue weighted by molar-refractivity contribution is 6.19. The minimum atomic E-state index is -0.492. The van der Waals surface area contributed by atoms with Gasteiger partial charge in [0, 0.05) is 49.1 Å². The highest BCUT2D eigenvalue weighted by Crippen LogP contribution is 2.40. The fourth-order valence-electron chi connectivity index (χ4n) is 7.43. The summed E-state index contributed by atoms with van der Waals surface area (Å²) in [7, 11) is 0. The number of rotatable bonds is 4. The molecule has 0 radical (unpaired) electrons. The van der Waals surface area contributed by atoms with E-state index in [0.29, 0.717) is 11.1 Å². The quantitative estimate of drug-likeness (QED) is 0.189. The molecule has 4 aromatic heterocycles. The van der Waals surface area contributed by atoms with Gasteiger partial charge in [-0.3, -0.25) is 4.57 Å². The van der Waals surface area contributed by atoms with Crippen molar-refractivity contribution in [1.82, 2.24) is 24.1 Å². The van der Waals surface area contributed by atoms with E-state index >= 15 is 0 Å². The third kappa shape index (κ3) is 4.20. The van der Waals surface area contributed by atoms with E-state index in [9.17, 15) is 0 Å². The maximum absolute atomic E-state index is 8.88. The zero-order valence-electron chi connectivity index (χ0n) is 31.8. The Hall–Kier alpha value is -7.05. The smallest absolute Gasteiger partial charge is 0.238 e. The van der Waals surface area contributed by atoms with Crippen molar-refractivity contribution in [3.63, 3.8) is 0 Å². The number of nitrogens with zero attached hydrogens (tertiary/aromatic N) is 5. The molecule has 11 aromatic rings. The zero-order chi connectivity index (χ0) is 37.8. The van der Waals surface area contributed by atoms with Crippen LogP contribution in [0.15, 0.2) is 168 Å². The van der Waals surface area contributed by atoms with Crippen LogP contribution in [0, 0.1) is 0 Å². The van der Waals surface area contributed by atoms with Gasteiger partial charge in [0.25, 0.3) is 0 Å². The molecule has 0 spiro atoms. The van der Waals surface area contributed by atoms with Crippen LogP contribution in [0.2, 0.25) is 0 Å². The van der Waals surface area contributed by atoms with Gasteiger partial charge in [0.15, 0.2) is 11.6 Å². The Labute approximate surface area is 298 Å². The number of aromatic nitrogens is 5. The number of hydrogen-bond acceptors (Lipinski definition) is 4. The Morgan fingerprint density at radius 3 is 1.80 bits per heavy atom. The van der Waals surface area contributed by atoms with Crippen molar-refractivity contribution in [3.05, 3.63) is 164 Å². The third-order valence-corrected chi connectivity index (χ3v) is 9.66. The summed E-state index contributed by atoms with van der Waals surface area (Å²) < 4.78 is 53.4. The van der Waals surface area contributed by atoms with Gasteiger partial charge in [-0.05, 0) is 54.6 Å². The molecule has 0 atom stereocenters. The van der Waals surface area contributed by atoms with Gasteiger partial charge in [-0.15, -0.1) is 0 Å². The van der Waals surface area contributed by atoms with E-state index < -0.39 is 30.2 Å². The van der Waals surface area contributed by atoms with Crippen LogP contribution in [0.3, 0.4) is 0 Å². The monoisotopic (exact) mass is 658 g/mol. The molecule has 0 aliphatic heterocycles. The Bertz CT molecular complexity index is 3410. The molecule has 11 rings (SSSR count). The maximum Gasteiger partial charge on any atom is 0.238 e. The summed E-state index contributed by atoms with van der Waals surface area (Å²) in [5.41, 5.74) is 6.64. The standard InChI is InChI=1S/C45H27N5O/c1-3-13-28(14-4-1)43-46-44(29-23-24-34-33-19-9-12-22-41(33)51-42(34)25-29)48-45(47-43)50-38-21-11-8-18-32(38)36-26-35-31-17-7-10-20-37(31)49(39(35)27-40(36)50)30-15-5-2-6-16-30/h1-27H/i1D,3D,4D,13D,14D. The molecule has 0 amide bonds. The molecule has 0 saturated carbocycles. The molecule has 0 N–H and O–H groups in total. The Kier molecular flexibility index (Phi) is 4.91. The summed E-state index contributed by atoms with van der Waals surface area (Å²) in [6.07, 6.45) is 0. The van der Waals surface area contributed by atoms with Crippen molar-refractivity contribution in [3.8, 4) is 34.4 Å². The molecular formula is C45H27N5O. The van der Waals surface area contributed by atoms with Crippen LogP contribution >= 0.6 is 0 Å². The number of para-hydroxylation sites is 4. The molecule has 6 heteroatoms. The van der Waals surface area contributed by atoms with Gasteiger partial charge in [0.2, 0.25) is 5.95 Å². The maximum atomic E-state index is 8.88. The van der Waals surface area contributed by atoms with Crippen LogP contribution in [0.5, 0.6) is 0 Å². The second-order valence-electron chi connectivity index (χ2n) is 12.5. The van der Waals surface area contributed by atoms with Crippen molar-refractivity contribution >= 4 is 65.6 Å².